The van der Waals surface area contributed by atoms with Crippen molar-refractivity contribution in [3.05, 3.63) is 63.7 Å². The second-order valence-electron chi connectivity index (χ2n) is 7.57. The summed E-state index contributed by atoms with van der Waals surface area (Å²) in [7, 11) is 3.50. The maximum Gasteiger partial charge on any atom is 0.267 e. The molecule has 0 amide bonds. The highest BCUT2D eigenvalue weighted by molar-refractivity contribution is 6.30. The van der Waals surface area contributed by atoms with Gasteiger partial charge in [0.15, 0.2) is 11.6 Å². The van der Waals surface area contributed by atoms with E-state index in [-0.39, 0.29) is 11.6 Å². The Kier molecular flexibility index (Phi) is 4.82. The number of aryl methyl sites for hydroxylation is 1. The summed E-state index contributed by atoms with van der Waals surface area (Å²) in [6.45, 7) is 0.824. The van der Waals surface area contributed by atoms with Gasteiger partial charge in [-0.25, -0.2) is 4.68 Å². The van der Waals surface area contributed by atoms with Crippen LogP contribution in [0.4, 0.5) is 5.95 Å². The molecule has 0 spiro atoms. The van der Waals surface area contributed by atoms with E-state index >= 15 is 0 Å². The first-order valence-electron chi connectivity index (χ1n) is 9.93. The normalized spacial score (nSPS) is 16.2. The molecule has 1 fully saturated rings. The maximum absolute atomic E-state index is 12.0. The van der Waals surface area contributed by atoms with Crippen molar-refractivity contribution in [3.8, 4) is 22.7 Å². The molecule has 10 heteroatoms. The summed E-state index contributed by atoms with van der Waals surface area (Å²) in [5.74, 6) is 1.98. The van der Waals surface area contributed by atoms with E-state index in [4.69, 9.17) is 16.1 Å². The van der Waals surface area contributed by atoms with Crippen LogP contribution in [-0.2, 0) is 14.1 Å². The van der Waals surface area contributed by atoms with Crippen LogP contribution in [-0.4, -0.2) is 36.2 Å². The first-order chi connectivity index (χ1) is 15.0. The van der Waals surface area contributed by atoms with E-state index in [2.05, 4.69) is 25.4 Å². The zero-order valence-corrected chi connectivity index (χ0v) is 17.8. The standard InChI is InChI=1S/C21H20ClN7O2/c1-27-20(14-10-19(30)28(2)23-12-14)24-25-21(27)29-8-4-7-17(29)16-11-18(31-26-16)13-5-3-6-15(22)9-13/h3,5-6,9-12,17H,4,7-8H2,1-2H3/t17-/m1/s1. The van der Waals surface area contributed by atoms with E-state index in [9.17, 15) is 4.79 Å². The Labute approximate surface area is 182 Å². The van der Waals surface area contributed by atoms with Gasteiger partial charge in [0, 0.05) is 48.9 Å². The Bertz CT molecular complexity index is 1310. The lowest BCUT2D eigenvalue weighted by atomic mass is 10.1. The lowest BCUT2D eigenvalue weighted by molar-refractivity contribution is 0.416. The van der Waals surface area contributed by atoms with Gasteiger partial charge >= 0.3 is 0 Å². The molecule has 1 aliphatic rings. The second kappa shape index (κ2) is 7.66. The van der Waals surface area contributed by atoms with Crippen molar-refractivity contribution in [2.75, 3.05) is 11.4 Å². The van der Waals surface area contributed by atoms with Crippen molar-refractivity contribution in [3.63, 3.8) is 0 Å². The van der Waals surface area contributed by atoms with Crippen LogP contribution in [0.3, 0.4) is 0 Å². The monoisotopic (exact) mass is 437 g/mol. The molecule has 9 nitrogen and oxygen atoms in total. The molecule has 1 aliphatic heterocycles. The Morgan fingerprint density at radius 3 is 2.81 bits per heavy atom. The van der Waals surface area contributed by atoms with E-state index < -0.39 is 0 Å². The molecule has 0 N–H and O–H groups in total. The number of anilines is 1. The zero-order valence-electron chi connectivity index (χ0n) is 17.1. The molecule has 0 radical (unpaired) electrons. The number of benzene rings is 1. The van der Waals surface area contributed by atoms with Crippen molar-refractivity contribution in [1.82, 2.24) is 29.7 Å². The third-order valence-electron chi connectivity index (χ3n) is 5.57. The largest absolute Gasteiger partial charge is 0.356 e. The van der Waals surface area contributed by atoms with E-state index in [1.807, 2.05) is 41.9 Å². The van der Waals surface area contributed by atoms with Gasteiger partial charge in [0.2, 0.25) is 5.95 Å². The number of hydrogen-bond acceptors (Lipinski definition) is 7. The Balaban J connectivity index is 1.46. The van der Waals surface area contributed by atoms with Crippen molar-refractivity contribution < 1.29 is 4.52 Å². The predicted molar refractivity (Wildman–Crippen MR) is 116 cm³/mol. The first kappa shape index (κ1) is 19.5. The summed E-state index contributed by atoms with van der Waals surface area (Å²) >= 11 is 6.11. The van der Waals surface area contributed by atoms with Crippen molar-refractivity contribution in [1.29, 1.82) is 0 Å². The molecule has 0 unspecified atom stereocenters. The van der Waals surface area contributed by atoms with Gasteiger partial charge in [0.05, 0.1) is 12.2 Å². The van der Waals surface area contributed by atoms with E-state index in [0.29, 0.717) is 28.1 Å². The van der Waals surface area contributed by atoms with Crippen LogP contribution in [0, 0.1) is 0 Å². The van der Waals surface area contributed by atoms with Crippen LogP contribution in [0.5, 0.6) is 0 Å². The number of rotatable bonds is 4. The van der Waals surface area contributed by atoms with Gasteiger partial charge in [-0.15, -0.1) is 10.2 Å². The van der Waals surface area contributed by atoms with Gasteiger partial charge in [-0.3, -0.25) is 9.36 Å². The minimum atomic E-state index is -0.197. The van der Waals surface area contributed by atoms with Gasteiger partial charge < -0.3 is 9.42 Å². The Morgan fingerprint density at radius 1 is 1.13 bits per heavy atom. The number of aromatic nitrogens is 6. The fourth-order valence-corrected chi connectivity index (χ4v) is 4.14. The average molecular weight is 438 g/mol. The zero-order chi connectivity index (χ0) is 21.5. The maximum atomic E-state index is 12.0. The fraction of sp³-hybridized carbons (Fsp3) is 0.286. The molecule has 0 aliphatic carbocycles. The minimum absolute atomic E-state index is 0.0224. The highest BCUT2D eigenvalue weighted by Crippen LogP contribution is 2.37. The smallest absolute Gasteiger partial charge is 0.267 e. The lowest BCUT2D eigenvalue weighted by Gasteiger charge is -2.23. The third kappa shape index (κ3) is 3.50. The molecule has 31 heavy (non-hydrogen) atoms. The molecule has 1 saturated heterocycles. The summed E-state index contributed by atoms with van der Waals surface area (Å²) in [6, 6.07) is 11.0. The van der Waals surface area contributed by atoms with Gasteiger partial charge in [-0.1, -0.05) is 28.9 Å². The van der Waals surface area contributed by atoms with Crippen molar-refractivity contribution in [2.24, 2.45) is 14.1 Å². The van der Waals surface area contributed by atoms with Crippen LogP contribution in [0.15, 0.2) is 51.9 Å². The highest BCUT2D eigenvalue weighted by Gasteiger charge is 2.32. The molecular formula is C21H20ClN7O2. The topological polar surface area (TPSA) is 94.9 Å². The van der Waals surface area contributed by atoms with E-state index in [0.717, 1.165) is 30.6 Å². The highest BCUT2D eigenvalue weighted by atomic mass is 35.5. The molecule has 3 aromatic heterocycles. The van der Waals surface area contributed by atoms with Crippen LogP contribution < -0.4 is 10.5 Å². The second-order valence-corrected chi connectivity index (χ2v) is 8.00. The van der Waals surface area contributed by atoms with Crippen LogP contribution >= 0.6 is 11.6 Å². The van der Waals surface area contributed by atoms with Gasteiger partial charge in [0.1, 0.15) is 5.69 Å². The Hall–Kier alpha value is -3.46. The van der Waals surface area contributed by atoms with Crippen molar-refractivity contribution in [2.45, 2.75) is 18.9 Å². The first-order valence-corrected chi connectivity index (χ1v) is 10.3. The minimum Gasteiger partial charge on any atom is -0.356 e. The van der Waals surface area contributed by atoms with E-state index in [1.54, 1.807) is 13.2 Å². The van der Waals surface area contributed by atoms with Crippen LogP contribution in [0.2, 0.25) is 5.02 Å². The van der Waals surface area contributed by atoms with E-state index in [1.165, 1.54) is 10.7 Å². The average Bonchev–Trinajstić information content (AvgIpc) is 3.49. The summed E-state index contributed by atoms with van der Waals surface area (Å²) in [5, 5.41) is 17.8. The van der Waals surface area contributed by atoms with Gasteiger partial charge in [-0.05, 0) is 25.0 Å². The molecule has 1 atom stereocenters. The Morgan fingerprint density at radius 2 is 2.00 bits per heavy atom. The molecule has 4 heterocycles. The fourth-order valence-electron chi connectivity index (χ4n) is 3.95. The molecular weight excluding hydrogens is 418 g/mol. The third-order valence-corrected chi connectivity index (χ3v) is 5.80. The molecule has 5 rings (SSSR count). The van der Waals surface area contributed by atoms with Gasteiger partial charge in [-0.2, -0.15) is 5.10 Å². The SMILES string of the molecule is Cn1c(-c2cnn(C)c(=O)c2)nnc1N1CCC[C@@H]1c1cc(-c2cccc(Cl)c2)on1. The quantitative estimate of drug-likeness (QED) is 0.483. The molecule has 0 bridgehead atoms. The predicted octanol–water partition coefficient (Wildman–Crippen LogP) is 3.23. The van der Waals surface area contributed by atoms with Crippen LogP contribution in [0.25, 0.3) is 22.7 Å². The molecule has 4 aromatic rings. The molecule has 0 saturated carbocycles. The number of halogens is 1. The lowest BCUT2D eigenvalue weighted by Crippen LogP contribution is -2.25. The summed E-state index contributed by atoms with van der Waals surface area (Å²) < 4.78 is 8.77. The van der Waals surface area contributed by atoms with Crippen molar-refractivity contribution >= 4 is 17.5 Å². The van der Waals surface area contributed by atoms with Gasteiger partial charge in [0.25, 0.3) is 5.56 Å². The van der Waals surface area contributed by atoms with Crippen LogP contribution in [0.1, 0.15) is 24.6 Å². The number of nitrogens with zero attached hydrogens (tertiary/aromatic N) is 7. The molecule has 1 aromatic carbocycles. The summed E-state index contributed by atoms with van der Waals surface area (Å²) in [5.41, 5.74) is 2.16. The number of hydrogen-bond donors (Lipinski definition) is 0. The summed E-state index contributed by atoms with van der Waals surface area (Å²) in [4.78, 5) is 14.1. The summed E-state index contributed by atoms with van der Waals surface area (Å²) in [6.07, 6.45) is 3.54. The molecule has 158 valence electrons.